The molecule has 108 valence electrons. The Morgan fingerprint density at radius 1 is 1.30 bits per heavy atom. The summed E-state index contributed by atoms with van der Waals surface area (Å²) in [4.78, 5) is 12.2. The molecule has 1 N–H and O–H groups in total. The van der Waals surface area contributed by atoms with Gasteiger partial charge in [0.05, 0.1) is 5.25 Å². The van der Waals surface area contributed by atoms with E-state index in [0.29, 0.717) is 11.0 Å². The molecule has 1 heterocycles. The lowest BCUT2D eigenvalue weighted by Gasteiger charge is -2.16. The molecule has 1 fully saturated rings. The summed E-state index contributed by atoms with van der Waals surface area (Å²) in [6.45, 7) is 2.23. The zero-order chi connectivity index (χ0) is 13.9. The van der Waals surface area contributed by atoms with E-state index in [1.165, 1.54) is 25.7 Å². The molecule has 1 aromatic rings. The third-order valence-electron chi connectivity index (χ3n) is 3.71. The summed E-state index contributed by atoms with van der Waals surface area (Å²) in [5, 5.41) is 3.57. The van der Waals surface area contributed by atoms with Gasteiger partial charge in [0.15, 0.2) is 11.5 Å². The minimum Gasteiger partial charge on any atom is -0.454 e. The van der Waals surface area contributed by atoms with Crippen LogP contribution in [-0.4, -0.2) is 23.2 Å². The van der Waals surface area contributed by atoms with E-state index in [9.17, 15) is 4.79 Å². The van der Waals surface area contributed by atoms with Crippen LogP contribution in [0.25, 0.3) is 0 Å². The van der Waals surface area contributed by atoms with Gasteiger partial charge in [-0.3, -0.25) is 4.79 Å². The van der Waals surface area contributed by atoms with Crippen molar-refractivity contribution in [3.8, 4) is 11.5 Å². The molecule has 5 heteroatoms. The van der Waals surface area contributed by atoms with E-state index < -0.39 is 0 Å². The van der Waals surface area contributed by atoms with E-state index >= 15 is 0 Å². The Morgan fingerprint density at radius 3 is 2.85 bits per heavy atom. The number of hydrogen-bond acceptors (Lipinski definition) is 4. The molecular weight excluding hydrogens is 274 g/mol. The Labute approximate surface area is 123 Å². The lowest BCUT2D eigenvalue weighted by molar-refractivity contribution is -0.115. The van der Waals surface area contributed by atoms with Crippen molar-refractivity contribution >= 4 is 23.4 Å². The van der Waals surface area contributed by atoms with E-state index in [-0.39, 0.29) is 18.0 Å². The minimum absolute atomic E-state index is 0.0245. The fourth-order valence-electron chi connectivity index (χ4n) is 2.59. The van der Waals surface area contributed by atoms with E-state index in [0.717, 1.165) is 11.4 Å². The highest BCUT2D eigenvalue weighted by atomic mass is 32.2. The van der Waals surface area contributed by atoms with Crippen LogP contribution in [0, 0.1) is 0 Å². The Hall–Kier alpha value is -1.36. The zero-order valence-corrected chi connectivity index (χ0v) is 12.4. The van der Waals surface area contributed by atoms with Crippen molar-refractivity contribution in [2.75, 3.05) is 12.1 Å². The Bertz CT molecular complexity index is 500. The first-order valence-electron chi connectivity index (χ1n) is 7.08. The molecule has 0 aromatic heterocycles. The second-order valence-corrected chi connectivity index (χ2v) is 6.89. The molecule has 4 nitrogen and oxygen atoms in total. The zero-order valence-electron chi connectivity index (χ0n) is 11.6. The number of nitrogens with one attached hydrogen (secondary N) is 1. The first-order valence-corrected chi connectivity index (χ1v) is 8.02. The van der Waals surface area contributed by atoms with Crippen molar-refractivity contribution in [3.05, 3.63) is 18.2 Å². The molecule has 0 saturated heterocycles. The highest BCUT2D eigenvalue weighted by molar-refractivity contribution is 8.01. The lowest BCUT2D eigenvalue weighted by atomic mass is 10.2. The molecular formula is C15H19NO3S. The maximum Gasteiger partial charge on any atom is 0.237 e. The van der Waals surface area contributed by atoms with Crippen molar-refractivity contribution in [2.24, 2.45) is 0 Å². The largest absolute Gasteiger partial charge is 0.454 e. The van der Waals surface area contributed by atoms with E-state index in [4.69, 9.17) is 9.47 Å². The summed E-state index contributed by atoms with van der Waals surface area (Å²) >= 11 is 1.79. The van der Waals surface area contributed by atoms with Crippen LogP contribution < -0.4 is 14.8 Å². The summed E-state index contributed by atoms with van der Waals surface area (Å²) in [5.74, 6) is 1.48. The van der Waals surface area contributed by atoms with E-state index in [1.54, 1.807) is 11.8 Å². The van der Waals surface area contributed by atoms with Gasteiger partial charge in [0.2, 0.25) is 12.7 Å². The molecule has 20 heavy (non-hydrogen) atoms. The molecule has 1 saturated carbocycles. The molecule has 1 aliphatic heterocycles. The average molecular weight is 293 g/mol. The number of ether oxygens (including phenoxy) is 2. The predicted molar refractivity (Wildman–Crippen MR) is 80.5 cm³/mol. The number of fused-ring (bicyclic) bond motifs is 1. The number of carbonyl (C=O) groups is 1. The van der Waals surface area contributed by atoms with Crippen LogP contribution in [0.5, 0.6) is 11.5 Å². The van der Waals surface area contributed by atoms with Crippen LogP contribution in [0.15, 0.2) is 18.2 Å². The van der Waals surface area contributed by atoms with Crippen LogP contribution in [0.4, 0.5) is 5.69 Å². The second kappa shape index (κ2) is 5.95. The van der Waals surface area contributed by atoms with E-state index in [2.05, 4.69) is 5.32 Å². The van der Waals surface area contributed by atoms with Crippen molar-refractivity contribution in [1.82, 2.24) is 0 Å². The summed E-state index contributed by atoms with van der Waals surface area (Å²) in [5.41, 5.74) is 0.762. The van der Waals surface area contributed by atoms with Gasteiger partial charge < -0.3 is 14.8 Å². The maximum atomic E-state index is 12.2. The summed E-state index contributed by atoms with van der Waals surface area (Å²) in [6.07, 6.45) is 5.08. The highest BCUT2D eigenvalue weighted by Gasteiger charge is 2.23. The lowest BCUT2D eigenvalue weighted by Crippen LogP contribution is -2.24. The fraction of sp³-hybridized carbons (Fsp3) is 0.533. The van der Waals surface area contributed by atoms with Gasteiger partial charge in [-0.05, 0) is 31.9 Å². The van der Waals surface area contributed by atoms with Crippen LogP contribution >= 0.6 is 11.8 Å². The molecule has 2 aliphatic rings. The third-order valence-corrected chi connectivity index (χ3v) is 5.19. The monoisotopic (exact) mass is 293 g/mol. The van der Waals surface area contributed by atoms with Gasteiger partial charge in [-0.2, -0.15) is 0 Å². The summed E-state index contributed by atoms with van der Waals surface area (Å²) in [7, 11) is 0. The van der Waals surface area contributed by atoms with Crippen LogP contribution in [-0.2, 0) is 4.79 Å². The molecule has 0 unspecified atom stereocenters. The predicted octanol–water partition coefficient (Wildman–Crippen LogP) is 3.42. The van der Waals surface area contributed by atoms with Gasteiger partial charge in [0.25, 0.3) is 0 Å². The Morgan fingerprint density at radius 2 is 2.05 bits per heavy atom. The average Bonchev–Trinajstić information content (AvgIpc) is 3.08. The Balaban J connectivity index is 1.57. The summed E-state index contributed by atoms with van der Waals surface area (Å²) < 4.78 is 10.6. The van der Waals surface area contributed by atoms with Crippen LogP contribution in [0.1, 0.15) is 32.6 Å². The number of amides is 1. The number of hydrogen-bond donors (Lipinski definition) is 1. The summed E-state index contributed by atoms with van der Waals surface area (Å²) in [6, 6.07) is 5.48. The molecule has 0 radical (unpaired) electrons. The normalized spacial score (nSPS) is 19.1. The molecule has 1 aliphatic carbocycles. The topological polar surface area (TPSA) is 47.6 Å². The van der Waals surface area contributed by atoms with Gasteiger partial charge in [0.1, 0.15) is 0 Å². The van der Waals surface area contributed by atoms with Crippen molar-refractivity contribution in [2.45, 2.75) is 43.1 Å². The van der Waals surface area contributed by atoms with Crippen molar-refractivity contribution < 1.29 is 14.3 Å². The molecule has 1 amide bonds. The maximum absolute atomic E-state index is 12.2. The molecule has 1 atom stereocenters. The van der Waals surface area contributed by atoms with Gasteiger partial charge in [-0.15, -0.1) is 11.8 Å². The van der Waals surface area contributed by atoms with Gasteiger partial charge in [-0.25, -0.2) is 0 Å². The van der Waals surface area contributed by atoms with Gasteiger partial charge in [-0.1, -0.05) is 12.8 Å². The number of rotatable bonds is 4. The van der Waals surface area contributed by atoms with Crippen molar-refractivity contribution in [1.29, 1.82) is 0 Å². The number of carbonyl (C=O) groups excluding carboxylic acids is 1. The van der Waals surface area contributed by atoms with Gasteiger partial charge in [0, 0.05) is 17.0 Å². The SMILES string of the molecule is C[C@@H](SC1CCCC1)C(=O)Nc1ccc2c(c1)OCO2. The first-order chi connectivity index (χ1) is 9.72. The van der Waals surface area contributed by atoms with Gasteiger partial charge >= 0.3 is 0 Å². The smallest absolute Gasteiger partial charge is 0.237 e. The second-order valence-electron chi connectivity index (χ2n) is 5.24. The van der Waals surface area contributed by atoms with Crippen LogP contribution in [0.2, 0.25) is 0 Å². The van der Waals surface area contributed by atoms with Crippen LogP contribution in [0.3, 0.4) is 0 Å². The fourth-order valence-corrected chi connectivity index (χ4v) is 3.96. The van der Waals surface area contributed by atoms with E-state index in [1.807, 2.05) is 25.1 Å². The Kier molecular flexibility index (Phi) is 4.05. The number of anilines is 1. The number of thioether (sulfide) groups is 1. The number of benzene rings is 1. The minimum atomic E-state index is -0.0245. The first kappa shape index (κ1) is 13.6. The molecule has 1 aromatic carbocycles. The quantitative estimate of drug-likeness (QED) is 0.924. The standard InChI is InChI=1S/C15H19NO3S/c1-10(20-12-4-2-3-5-12)15(17)16-11-6-7-13-14(8-11)19-9-18-13/h6-8,10,12H,2-5,9H2,1H3,(H,16,17)/t10-/m1/s1. The molecule has 3 rings (SSSR count). The molecule has 0 spiro atoms. The van der Waals surface area contributed by atoms with Crippen molar-refractivity contribution in [3.63, 3.8) is 0 Å². The highest BCUT2D eigenvalue weighted by Crippen LogP contribution is 2.35. The molecule has 0 bridgehead atoms. The third kappa shape index (κ3) is 3.03.